The fourth-order valence-corrected chi connectivity index (χ4v) is 1.39. The molecule has 1 aromatic carbocycles. The van der Waals surface area contributed by atoms with E-state index in [1.165, 1.54) is 30.6 Å². The third kappa shape index (κ3) is 3.01. The molecule has 0 bridgehead atoms. The molecule has 96 valence electrons. The van der Waals surface area contributed by atoms with Crippen molar-refractivity contribution in [2.24, 2.45) is 0 Å². The molecular formula is C13H7F3N2O. The van der Waals surface area contributed by atoms with Gasteiger partial charge in [-0.05, 0) is 30.3 Å². The summed E-state index contributed by atoms with van der Waals surface area (Å²) in [5.74, 6) is 0.405. The molecule has 0 N–H and O–H groups in total. The molecule has 1 heterocycles. The summed E-state index contributed by atoms with van der Waals surface area (Å²) in [6.07, 6.45) is -1.63. The molecular weight excluding hydrogens is 257 g/mol. The van der Waals surface area contributed by atoms with Crippen molar-refractivity contribution < 1.29 is 17.9 Å². The van der Waals surface area contributed by atoms with E-state index < -0.39 is 11.7 Å². The third-order valence-corrected chi connectivity index (χ3v) is 2.31. The van der Waals surface area contributed by atoms with Crippen molar-refractivity contribution >= 4 is 0 Å². The van der Waals surface area contributed by atoms with Crippen LogP contribution in [0.4, 0.5) is 13.2 Å². The lowest BCUT2D eigenvalue weighted by molar-refractivity contribution is -0.137. The van der Waals surface area contributed by atoms with Gasteiger partial charge in [0.15, 0.2) is 5.75 Å². The summed E-state index contributed by atoms with van der Waals surface area (Å²) < 4.78 is 42.4. The highest BCUT2D eigenvalue weighted by molar-refractivity contribution is 5.43. The molecule has 2 rings (SSSR count). The number of aromatic nitrogens is 1. The monoisotopic (exact) mass is 264 g/mol. The maximum absolute atomic E-state index is 12.4. The molecule has 3 nitrogen and oxygen atoms in total. The molecule has 0 atom stereocenters. The molecule has 0 radical (unpaired) electrons. The summed E-state index contributed by atoms with van der Waals surface area (Å²) in [4.78, 5) is 3.79. The van der Waals surface area contributed by atoms with Crippen LogP contribution in [0.5, 0.6) is 11.5 Å². The van der Waals surface area contributed by atoms with E-state index >= 15 is 0 Å². The van der Waals surface area contributed by atoms with Gasteiger partial charge in [0.2, 0.25) is 0 Å². The van der Waals surface area contributed by atoms with E-state index in [1.54, 1.807) is 0 Å². The van der Waals surface area contributed by atoms with Crippen LogP contribution in [0.2, 0.25) is 0 Å². The molecule has 19 heavy (non-hydrogen) atoms. The first-order valence-corrected chi connectivity index (χ1v) is 5.20. The summed E-state index contributed by atoms with van der Waals surface area (Å²) in [6, 6.07) is 7.58. The van der Waals surface area contributed by atoms with E-state index in [1.807, 2.05) is 6.07 Å². The maximum Gasteiger partial charge on any atom is 0.416 e. The van der Waals surface area contributed by atoms with Crippen molar-refractivity contribution in [2.75, 3.05) is 0 Å². The van der Waals surface area contributed by atoms with Crippen molar-refractivity contribution in [3.8, 4) is 17.6 Å². The molecule has 0 saturated heterocycles. The molecule has 0 aliphatic heterocycles. The van der Waals surface area contributed by atoms with E-state index in [-0.39, 0.29) is 17.1 Å². The SMILES string of the molecule is N#Cc1ccncc1Oc1ccc(C(F)(F)F)cc1. The van der Waals surface area contributed by atoms with E-state index in [9.17, 15) is 13.2 Å². The Labute approximate surface area is 106 Å². The van der Waals surface area contributed by atoms with Crippen molar-refractivity contribution in [1.82, 2.24) is 4.98 Å². The smallest absolute Gasteiger partial charge is 0.416 e. The highest BCUT2D eigenvalue weighted by Crippen LogP contribution is 2.31. The lowest BCUT2D eigenvalue weighted by atomic mass is 10.2. The Balaban J connectivity index is 2.23. The Bertz CT molecular complexity index is 615. The predicted molar refractivity (Wildman–Crippen MR) is 60.5 cm³/mol. The van der Waals surface area contributed by atoms with Crippen LogP contribution < -0.4 is 4.74 Å². The standard InChI is InChI=1S/C13H7F3N2O/c14-13(15,16)10-1-3-11(4-2-10)19-12-8-18-6-5-9(12)7-17/h1-6,8H. The second-order valence-electron chi connectivity index (χ2n) is 3.61. The van der Waals surface area contributed by atoms with Crippen LogP contribution in [0.3, 0.4) is 0 Å². The van der Waals surface area contributed by atoms with Gasteiger partial charge in [-0.25, -0.2) is 0 Å². The Hall–Kier alpha value is -2.55. The minimum Gasteiger partial charge on any atom is -0.454 e. The lowest BCUT2D eigenvalue weighted by Gasteiger charge is -2.09. The van der Waals surface area contributed by atoms with Gasteiger partial charge in [0.05, 0.1) is 17.3 Å². The van der Waals surface area contributed by atoms with Gasteiger partial charge < -0.3 is 4.74 Å². The summed E-state index contributed by atoms with van der Waals surface area (Å²) in [5, 5.41) is 8.84. The first kappa shape index (κ1) is 12.9. The summed E-state index contributed by atoms with van der Waals surface area (Å²) >= 11 is 0. The fourth-order valence-electron chi connectivity index (χ4n) is 1.39. The van der Waals surface area contributed by atoms with Gasteiger partial charge in [-0.15, -0.1) is 0 Å². The van der Waals surface area contributed by atoms with E-state index in [0.717, 1.165) is 12.1 Å². The predicted octanol–water partition coefficient (Wildman–Crippen LogP) is 3.76. The average molecular weight is 264 g/mol. The number of hydrogen-bond acceptors (Lipinski definition) is 3. The number of nitrogens with zero attached hydrogens (tertiary/aromatic N) is 2. The summed E-state index contributed by atoms with van der Waals surface area (Å²) in [5.41, 5.74) is -0.499. The van der Waals surface area contributed by atoms with Crippen molar-refractivity contribution in [3.63, 3.8) is 0 Å². The molecule has 0 aliphatic carbocycles. The minimum absolute atomic E-state index is 0.199. The first-order valence-electron chi connectivity index (χ1n) is 5.20. The Morgan fingerprint density at radius 2 is 1.79 bits per heavy atom. The van der Waals surface area contributed by atoms with E-state index in [2.05, 4.69) is 4.98 Å². The van der Waals surface area contributed by atoms with Crippen LogP contribution in [0, 0.1) is 11.3 Å². The third-order valence-electron chi connectivity index (χ3n) is 2.31. The number of halogens is 3. The van der Waals surface area contributed by atoms with E-state index in [0.29, 0.717) is 0 Å². The topological polar surface area (TPSA) is 45.9 Å². The molecule has 0 aliphatic rings. The molecule has 6 heteroatoms. The number of pyridine rings is 1. The lowest BCUT2D eigenvalue weighted by Crippen LogP contribution is -2.04. The highest BCUT2D eigenvalue weighted by atomic mass is 19.4. The quantitative estimate of drug-likeness (QED) is 0.829. The number of nitriles is 1. The van der Waals surface area contributed by atoms with E-state index in [4.69, 9.17) is 10.00 Å². The molecule has 0 fully saturated rings. The zero-order valence-electron chi connectivity index (χ0n) is 9.48. The van der Waals surface area contributed by atoms with Crippen molar-refractivity contribution in [2.45, 2.75) is 6.18 Å². The number of alkyl halides is 3. The summed E-state index contributed by atoms with van der Waals surface area (Å²) in [6.45, 7) is 0. The molecule has 0 spiro atoms. The van der Waals surface area contributed by atoms with Gasteiger partial charge in [0, 0.05) is 6.20 Å². The second kappa shape index (κ2) is 4.98. The van der Waals surface area contributed by atoms with Crippen LogP contribution in [-0.2, 0) is 6.18 Å². The summed E-state index contributed by atoms with van der Waals surface area (Å²) in [7, 11) is 0. The number of ether oxygens (including phenoxy) is 1. The van der Waals surface area contributed by atoms with Crippen LogP contribution in [-0.4, -0.2) is 4.98 Å². The minimum atomic E-state index is -4.38. The zero-order valence-corrected chi connectivity index (χ0v) is 9.48. The maximum atomic E-state index is 12.4. The van der Waals surface area contributed by atoms with Crippen LogP contribution in [0.1, 0.15) is 11.1 Å². The molecule has 0 saturated carbocycles. The first-order chi connectivity index (χ1) is 9.00. The van der Waals surface area contributed by atoms with Crippen LogP contribution in [0.15, 0.2) is 42.7 Å². The average Bonchev–Trinajstić information content (AvgIpc) is 2.39. The Morgan fingerprint density at radius 3 is 2.37 bits per heavy atom. The van der Waals surface area contributed by atoms with Gasteiger partial charge in [0.25, 0.3) is 0 Å². The largest absolute Gasteiger partial charge is 0.454 e. The molecule has 1 aromatic heterocycles. The van der Waals surface area contributed by atoms with Crippen molar-refractivity contribution in [3.05, 3.63) is 53.9 Å². The molecule has 0 amide bonds. The van der Waals surface area contributed by atoms with Crippen LogP contribution >= 0.6 is 0 Å². The van der Waals surface area contributed by atoms with Gasteiger partial charge >= 0.3 is 6.18 Å². The van der Waals surface area contributed by atoms with Gasteiger partial charge in [-0.3, -0.25) is 4.98 Å². The second-order valence-corrected chi connectivity index (χ2v) is 3.61. The van der Waals surface area contributed by atoms with Gasteiger partial charge in [-0.2, -0.15) is 18.4 Å². The number of rotatable bonds is 2. The Morgan fingerprint density at radius 1 is 1.11 bits per heavy atom. The normalized spacial score (nSPS) is 10.8. The Kier molecular flexibility index (Phi) is 3.38. The fraction of sp³-hybridized carbons (Fsp3) is 0.0769. The van der Waals surface area contributed by atoms with Crippen molar-refractivity contribution in [1.29, 1.82) is 5.26 Å². The number of hydrogen-bond donors (Lipinski definition) is 0. The zero-order chi connectivity index (χ0) is 13.9. The number of benzene rings is 1. The molecule has 0 unspecified atom stereocenters. The van der Waals surface area contributed by atoms with Gasteiger partial charge in [0.1, 0.15) is 11.8 Å². The molecule has 2 aromatic rings. The highest BCUT2D eigenvalue weighted by Gasteiger charge is 2.30. The van der Waals surface area contributed by atoms with Crippen LogP contribution in [0.25, 0.3) is 0 Å². The van der Waals surface area contributed by atoms with Gasteiger partial charge in [-0.1, -0.05) is 0 Å².